The van der Waals surface area contributed by atoms with Gasteiger partial charge in [0.1, 0.15) is 0 Å². The number of benzene rings is 9. The Morgan fingerprint density at radius 2 is 0.690 bits per heavy atom. The van der Waals surface area contributed by atoms with E-state index in [1.165, 1.54) is 33.7 Å². The minimum absolute atomic E-state index is 0.155. The van der Waals surface area contributed by atoms with E-state index in [4.69, 9.17) is 29.9 Å². The summed E-state index contributed by atoms with van der Waals surface area (Å²) < 4.78 is 0. The highest BCUT2D eigenvalue weighted by Gasteiger charge is 2.36. The molecule has 1 aliphatic rings. The third-order valence-corrected chi connectivity index (χ3v) is 14.3. The van der Waals surface area contributed by atoms with Crippen molar-refractivity contribution in [2.45, 2.75) is 44.4 Å². The molecule has 0 spiro atoms. The van der Waals surface area contributed by atoms with Crippen molar-refractivity contribution in [3.05, 3.63) is 229 Å². The summed E-state index contributed by atoms with van der Waals surface area (Å²) >= 11 is 0. The first-order valence-corrected chi connectivity index (χ1v) is 24.6. The van der Waals surface area contributed by atoms with Crippen LogP contribution in [0.15, 0.2) is 207 Å². The topological polar surface area (TPSA) is 77.3 Å². The van der Waals surface area contributed by atoms with Crippen LogP contribution < -0.4 is 0 Å². The Morgan fingerprint density at radius 1 is 0.352 bits per heavy atom. The van der Waals surface area contributed by atoms with E-state index in [-0.39, 0.29) is 5.41 Å². The third-order valence-electron chi connectivity index (χ3n) is 14.3. The largest absolute Gasteiger partial charge is 0.208 e. The minimum Gasteiger partial charge on any atom is -0.208 e. The monoisotopic (exact) mass is 914 g/mol. The Labute approximate surface area is 414 Å². The van der Waals surface area contributed by atoms with E-state index in [1.54, 1.807) is 0 Å². The van der Waals surface area contributed by atoms with E-state index in [0.29, 0.717) is 34.9 Å². The lowest BCUT2D eigenvalue weighted by atomic mass is 9.65. The van der Waals surface area contributed by atoms with Gasteiger partial charge in [0.25, 0.3) is 0 Å². The fourth-order valence-electron chi connectivity index (χ4n) is 10.5. The maximum absolute atomic E-state index is 5.16. The number of nitrogens with zero attached hydrogens (tertiary/aromatic N) is 6. The van der Waals surface area contributed by atoms with Crippen molar-refractivity contribution in [2.75, 3.05) is 0 Å². The van der Waals surface area contributed by atoms with Crippen LogP contribution in [0.4, 0.5) is 0 Å². The van der Waals surface area contributed by atoms with Crippen LogP contribution in [0.1, 0.15) is 61.3 Å². The van der Waals surface area contributed by atoms with Crippen molar-refractivity contribution in [2.24, 2.45) is 0 Å². The molecule has 0 aliphatic heterocycles. The van der Waals surface area contributed by atoms with Crippen molar-refractivity contribution >= 4 is 44.5 Å². The summed E-state index contributed by atoms with van der Waals surface area (Å²) in [6.07, 6.45) is 11.7. The van der Waals surface area contributed by atoms with Crippen LogP contribution in [-0.2, 0) is 5.41 Å². The van der Waals surface area contributed by atoms with Crippen molar-refractivity contribution < 1.29 is 0 Å². The van der Waals surface area contributed by atoms with Crippen LogP contribution >= 0.6 is 0 Å². The molecule has 340 valence electrons. The van der Waals surface area contributed by atoms with Gasteiger partial charge >= 0.3 is 0 Å². The number of allylic oxidation sites excluding steroid dienone is 1. The second kappa shape index (κ2) is 18.6. The molecule has 0 atom stereocenters. The van der Waals surface area contributed by atoms with Crippen molar-refractivity contribution in [1.29, 1.82) is 0 Å². The summed E-state index contributed by atoms with van der Waals surface area (Å²) in [4.78, 5) is 30.9. The molecule has 0 amide bonds. The van der Waals surface area contributed by atoms with Gasteiger partial charge in [-0.3, -0.25) is 0 Å². The minimum atomic E-state index is -0.155. The van der Waals surface area contributed by atoms with E-state index in [9.17, 15) is 0 Å². The first kappa shape index (κ1) is 43.5. The van der Waals surface area contributed by atoms with Gasteiger partial charge in [0.2, 0.25) is 0 Å². The predicted octanol–water partition coefficient (Wildman–Crippen LogP) is 16.4. The van der Waals surface area contributed by atoms with E-state index in [1.807, 2.05) is 19.1 Å². The van der Waals surface area contributed by atoms with Gasteiger partial charge in [0.15, 0.2) is 34.9 Å². The molecule has 2 heterocycles. The summed E-state index contributed by atoms with van der Waals surface area (Å²) in [7, 11) is 0. The summed E-state index contributed by atoms with van der Waals surface area (Å²) in [5.41, 5.74) is 10.2. The van der Waals surface area contributed by atoms with Gasteiger partial charge in [-0.1, -0.05) is 214 Å². The summed E-state index contributed by atoms with van der Waals surface area (Å²) in [5.74, 6) is 3.84. The van der Waals surface area contributed by atoms with Gasteiger partial charge in [-0.25, -0.2) is 29.9 Å². The standard InChI is InChI=1S/C65H50N6/c1-3-14-49-39-53(25-21-43(49)4-2)61-66-59(67-62(70-61)54-26-22-44-15-6-9-18-50(44)40-54)47-29-33-57(34-30-47)65(37-12-5-13-38-65)58-35-31-48(32-36-58)60-68-63(55-27-23-45-16-7-10-19-51(45)41-55)71-64(69-60)56-28-24-46-17-8-11-20-52(46)42-56/h3-4,6-11,14-36,39-42H,2,5,12-13,37-38H2,1H3/b14-3-. The predicted molar refractivity (Wildman–Crippen MR) is 293 cm³/mol. The van der Waals surface area contributed by atoms with Crippen LogP contribution in [-0.4, -0.2) is 29.9 Å². The molecule has 1 fully saturated rings. The molecule has 1 saturated carbocycles. The van der Waals surface area contributed by atoms with Gasteiger partial charge in [0.05, 0.1) is 0 Å². The molecule has 0 radical (unpaired) electrons. The Morgan fingerprint density at radius 3 is 1.07 bits per heavy atom. The quantitative estimate of drug-likeness (QED) is 0.136. The normalized spacial score (nSPS) is 13.5. The molecule has 11 aromatic rings. The van der Waals surface area contributed by atoms with Crippen LogP contribution in [0.25, 0.3) is 113 Å². The van der Waals surface area contributed by atoms with E-state index < -0.39 is 0 Å². The van der Waals surface area contributed by atoms with E-state index in [2.05, 4.69) is 207 Å². The molecule has 0 bridgehead atoms. The maximum atomic E-state index is 5.16. The highest BCUT2D eigenvalue weighted by molar-refractivity contribution is 5.89. The third kappa shape index (κ3) is 8.48. The first-order valence-electron chi connectivity index (χ1n) is 24.6. The zero-order chi connectivity index (χ0) is 47.7. The zero-order valence-electron chi connectivity index (χ0n) is 39.6. The summed E-state index contributed by atoms with van der Waals surface area (Å²) in [6, 6.07) is 68.8. The van der Waals surface area contributed by atoms with Gasteiger partial charge in [-0.05, 0) is 98.6 Å². The molecule has 71 heavy (non-hydrogen) atoms. The molecule has 0 saturated heterocycles. The Kier molecular flexibility index (Phi) is 11.4. The van der Waals surface area contributed by atoms with Crippen molar-refractivity contribution in [3.63, 3.8) is 0 Å². The lowest BCUT2D eigenvalue weighted by molar-refractivity contribution is 0.346. The molecule has 1 aliphatic carbocycles. The number of hydrogen-bond donors (Lipinski definition) is 0. The lowest BCUT2D eigenvalue weighted by Gasteiger charge is -2.39. The van der Waals surface area contributed by atoms with E-state index in [0.717, 1.165) is 86.3 Å². The molecule has 12 rings (SSSR count). The highest BCUT2D eigenvalue weighted by atomic mass is 15.0. The Balaban J connectivity index is 0.915. The Bertz CT molecular complexity index is 3730. The smallest absolute Gasteiger partial charge is 0.164 e. The van der Waals surface area contributed by atoms with Crippen LogP contribution in [0.3, 0.4) is 0 Å². The van der Waals surface area contributed by atoms with Gasteiger partial charge in [0, 0.05) is 38.8 Å². The molecular weight excluding hydrogens is 865 g/mol. The van der Waals surface area contributed by atoms with Crippen LogP contribution in [0.5, 0.6) is 0 Å². The molecule has 2 aromatic heterocycles. The SMILES string of the molecule is C=Cc1ccc(-c2nc(-c3ccc(C4(c5ccc(-c6nc(-c7ccc8ccccc8c7)nc(-c7ccc8ccccc8c7)n6)cc5)CCCCC4)cc3)nc(-c3ccc4ccccc4c3)n2)cc1/C=C\C. The second-order valence-corrected chi connectivity index (χ2v) is 18.6. The maximum Gasteiger partial charge on any atom is 0.164 e. The lowest BCUT2D eigenvalue weighted by Crippen LogP contribution is -2.30. The average molecular weight is 915 g/mol. The molecule has 6 heteroatoms. The fraction of sp³-hybridized carbons (Fsp3) is 0.108. The van der Waals surface area contributed by atoms with Gasteiger partial charge in [-0.15, -0.1) is 0 Å². The van der Waals surface area contributed by atoms with Crippen molar-refractivity contribution in [3.8, 4) is 68.3 Å². The first-order chi connectivity index (χ1) is 35.0. The average Bonchev–Trinajstić information content (AvgIpc) is 3.44. The zero-order valence-corrected chi connectivity index (χ0v) is 39.6. The molecule has 9 aromatic carbocycles. The number of rotatable bonds is 10. The molecular formula is C65H50N6. The molecule has 0 N–H and O–H groups in total. The number of fused-ring (bicyclic) bond motifs is 3. The van der Waals surface area contributed by atoms with Crippen LogP contribution in [0.2, 0.25) is 0 Å². The number of hydrogen-bond acceptors (Lipinski definition) is 6. The second-order valence-electron chi connectivity index (χ2n) is 18.6. The highest BCUT2D eigenvalue weighted by Crippen LogP contribution is 2.46. The van der Waals surface area contributed by atoms with Crippen LogP contribution in [0, 0.1) is 0 Å². The van der Waals surface area contributed by atoms with E-state index >= 15 is 0 Å². The fourth-order valence-corrected chi connectivity index (χ4v) is 10.5. The molecule has 6 nitrogen and oxygen atoms in total. The van der Waals surface area contributed by atoms with Crippen molar-refractivity contribution in [1.82, 2.24) is 29.9 Å². The Hall–Kier alpha value is -8.74. The summed E-state index contributed by atoms with van der Waals surface area (Å²) in [6.45, 7) is 6.07. The molecule has 0 unspecified atom stereocenters. The van der Waals surface area contributed by atoms with Gasteiger partial charge < -0.3 is 0 Å². The summed E-state index contributed by atoms with van der Waals surface area (Å²) in [5, 5.41) is 6.96. The van der Waals surface area contributed by atoms with Gasteiger partial charge in [-0.2, -0.15) is 0 Å². The number of aromatic nitrogens is 6.